The van der Waals surface area contributed by atoms with Crippen LogP contribution in [0.15, 0.2) is 23.0 Å². The number of rotatable bonds is 1. The molecule has 0 spiro atoms. The number of fused-ring (bicyclic) bond motifs is 1. The quantitative estimate of drug-likeness (QED) is 0.630. The van der Waals surface area contributed by atoms with Crippen LogP contribution in [-0.4, -0.2) is 9.97 Å². The molecule has 0 aliphatic carbocycles. The average molecular weight is 191 g/mol. The molecule has 4 N–H and O–H groups in total. The van der Waals surface area contributed by atoms with E-state index in [1.165, 1.54) is 0 Å². The molecule has 2 aromatic rings. The summed E-state index contributed by atoms with van der Waals surface area (Å²) < 4.78 is 0. The molecule has 0 unspecified atom stereocenters. The highest BCUT2D eigenvalue weighted by atomic mass is 16.1. The average Bonchev–Trinajstić information content (AvgIpc) is 2.41. The number of imidazole rings is 1. The van der Waals surface area contributed by atoms with Gasteiger partial charge < -0.3 is 15.7 Å². The second-order valence-corrected chi connectivity index (χ2v) is 4.06. The van der Waals surface area contributed by atoms with Crippen LogP contribution < -0.4 is 11.4 Å². The fourth-order valence-electron chi connectivity index (χ4n) is 1.43. The smallest absolute Gasteiger partial charge is 0.322 e. The van der Waals surface area contributed by atoms with Gasteiger partial charge in [-0.05, 0) is 31.5 Å². The van der Waals surface area contributed by atoms with Gasteiger partial charge in [0, 0.05) is 5.54 Å². The van der Waals surface area contributed by atoms with Crippen molar-refractivity contribution in [2.24, 2.45) is 5.73 Å². The van der Waals surface area contributed by atoms with Gasteiger partial charge in [-0.1, -0.05) is 6.07 Å². The molecule has 0 amide bonds. The van der Waals surface area contributed by atoms with Gasteiger partial charge in [0.1, 0.15) is 0 Å². The number of hydrogen-bond acceptors (Lipinski definition) is 2. The van der Waals surface area contributed by atoms with Crippen molar-refractivity contribution in [1.82, 2.24) is 9.97 Å². The molecular weight excluding hydrogens is 178 g/mol. The monoisotopic (exact) mass is 191 g/mol. The third-order valence-corrected chi connectivity index (χ3v) is 2.26. The molecule has 74 valence electrons. The van der Waals surface area contributed by atoms with Crippen LogP contribution in [0.1, 0.15) is 19.4 Å². The van der Waals surface area contributed by atoms with E-state index in [2.05, 4.69) is 9.97 Å². The maximum atomic E-state index is 11.0. The van der Waals surface area contributed by atoms with Gasteiger partial charge in [-0.2, -0.15) is 0 Å². The fraction of sp³-hybridized carbons (Fsp3) is 0.300. The topological polar surface area (TPSA) is 74.7 Å². The van der Waals surface area contributed by atoms with Crippen molar-refractivity contribution >= 4 is 11.0 Å². The minimum absolute atomic E-state index is 0.188. The van der Waals surface area contributed by atoms with Gasteiger partial charge in [-0.25, -0.2) is 4.79 Å². The first-order chi connectivity index (χ1) is 6.47. The van der Waals surface area contributed by atoms with Gasteiger partial charge in [0.2, 0.25) is 0 Å². The Morgan fingerprint density at radius 1 is 1.21 bits per heavy atom. The molecule has 1 heterocycles. The highest BCUT2D eigenvalue weighted by Crippen LogP contribution is 2.19. The molecule has 4 heteroatoms. The maximum absolute atomic E-state index is 11.0. The predicted octanol–water partition coefficient (Wildman–Crippen LogP) is 1.05. The molecule has 14 heavy (non-hydrogen) atoms. The maximum Gasteiger partial charge on any atom is 0.323 e. The first-order valence-corrected chi connectivity index (χ1v) is 4.48. The Labute approximate surface area is 81.1 Å². The standard InChI is InChI=1S/C10H13N3O/c1-10(2,11)6-3-4-7-8(5-6)13-9(14)12-7/h3-5H,11H2,1-2H3,(H2,12,13,14). The third kappa shape index (κ3) is 1.44. The van der Waals surface area contributed by atoms with Gasteiger partial charge in [0.25, 0.3) is 0 Å². The van der Waals surface area contributed by atoms with E-state index in [-0.39, 0.29) is 11.2 Å². The molecule has 0 aliphatic heterocycles. The number of nitrogens with one attached hydrogen (secondary N) is 2. The van der Waals surface area contributed by atoms with Crippen LogP contribution in [-0.2, 0) is 5.54 Å². The van der Waals surface area contributed by atoms with E-state index in [0.29, 0.717) is 0 Å². The number of hydrogen-bond donors (Lipinski definition) is 3. The molecule has 0 saturated carbocycles. The lowest BCUT2D eigenvalue weighted by Gasteiger charge is -2.18. The normalized spacial score (nSPS) is 12.2. The molecule has 0 saturated heterocycles. The molecule has 4 nitrogen and oxygen atoms in total. The summed E-state index contributed by atoms with van der Waals surface area (Å²) in [5.74, 6) is 0. The van der Waals surface area contributed by atoms with Crippen molar-refractivity contribution < 1.29 is 0 Å². The zero-order chi connectivity index (χ0) is 10.3. The Kier molecular flexibility index (Phi) is 1.75. The summed E-state index contributed by atoms with van der Waals surface area (Å²) in [6, 6.07) is 5.68. The molecule has 0 bridgehead atoms. The van der Waals surface area contributed by atoms with E-state index in [1.54, 1.807) is 0 Å². The first kappa shape index (κ1) is 9.02. The Hall–Kier alpha value is -1.55. The van der Waals surface area contributed by atoms with Crippen LogP contribution >= 0.6 is 0 Å². The predicted molar refractivity (Wildman–Crippen MR) is 56.1 cm³/mol. The van der Waals surface area contributed by atoms with Crippen molar-refractivity contribution in [1.29, 1.82) is 0 Å². The zero-order valence-corrected chi connectivity index (χ0v) is 8.22. The van der Waals surface area contributed by atoms with Gasteiger partial charge >= 0.3 is 5.69 Å². The number of aromatic nitrogens is 2. The third-order valence-electron chi connectivity index (χ3n) is 2.26. The van der Waals surface area contributed by atoms with Crippen LogP contribution in [0.3, 0.4) is 0 Å². The SMILES string of the molecule is CC(C)(N)c1ccc2[nH]c(=O)[nH]c2c1. The van der Waals surface area contributed by atoms with E-state index in [1.807, 2.05) is 32.0 Å². The van der Waals surface area contributed by atoms with Crippen molar-refractivity contribution in [3.05, 3.63) is 34.2 Å². The largest absolute Gasteiger partial charge is 0.323 e. The molecule has 1 aromatic heterocycles. The van der Waals surface area contributed by atoms with Crippen molar-refractivity contribution in [3.8, 4) is 0 Å². The minimum Gasteiger partial charge on any atom is -0.322 e. The highest BCUT2D eigenvalue weighted by molar-refractivity contribution is 5.75. The molecule has 0 fully saturated rings. The van der Waals surface area contributed by atoms with Gasteiger partial charge in [-0.3, -0.25) is 0 Å². The lowest BCUT2D eigenvalue weighted by Crippen LogP contribution is -2.28. The molecule has 0 aliphatic rings. The summed E-state index contributed by atoms with van der Waals surface area (Å²) in [6.07, 6.45) is 0. The van der Waals surface area contributed by atoms with E-state index in [0.717, 1.165) is 16.6 Å². The number of nitrogens with two attached hydrogens (primary N) is 1. The summed E-state index contributed by atoms with van der Waals surface area (Å²) in [6.45, 7) is 3.86. The van der Waals surface area contributed by atoms with Crippen molar-refractivity contribution in [2.45, 2.75) is 19.4 Å². The number of aromatic amines is 2. The number of benzene rings is 1. The molecular formula is C10H13N3O. The fourth-order valence-corrected chi connectivity index (χ4v) is 1.43. The zero-order valence-electron chi connectivity index (χ0n) is 8.22. The molecule has 2 rings (SSSR count). The van der Waals surface area contributed by atoms with Gasteiger partial charge in [-0.15, -0.1) is 0 Å². The van der Waals surface area contributed by atoms with Crippen LogP contribution in [0.2, 0.25) is 0 Å². The van der Waals surface area contributed by atoms with Gasteiger partial charge in [0.15, 0.2) is 0 Å². The van der Waals surface area contributed by atoms with E-state index >= 15 is 0 Å². The Bertz CT molecular complexity index is 516. The lowest BCUT2D eigenvalue weighted by molar-refractivity contribution is 0.555. The highest BCUT2D eigenvalue weighted by Gasteiger charge is 2.14. The van der Waals surface area contributed by atoms with E-state index in [9.17, 15) is 4.79 Å². The van der Waals surface area contributed by atoms with Gasteiger partial charge in [0.05, 0.1) is 11.0 Å². The minimum atomic E-state index is -0.387. The first-order valence-electron chi connectivity index (χ1n) is 4.48. The van der Waals surface area contributed by atoms with Crippen LogP contribution in [0.4, 0.5) is 0 Å². The van der Waals surface area contributed by atoms with Crippen LogP contribution in [0, 0.1) is 0 Å². The van der Waals surface area contributed by atoms with Crippen molar-refractivity contribution in [3.63, 3.8) is 0 Å². The van der Waals surface area contributed by atoms with E-state index in [4.69, 9.17) is 5.73 Å². The number of H-pyrrole nitrogens is 2. The molecule has 0 atom stereocenters. The summed E-state index contributed by atoms with van der Waals surface area (Å²) in [5, 5.41) is 0. The Balaban J connectivity index is 2.67. The second kappa shape index (κ2) is 2.72. The van der Waals surface area contributed by atoms with Crippen molar-refractivity contribution in [2.75, 3.05) is 0 Å². The van der Waals surface area contributed by atoms with Crippen LogP contribution in [0.25, 0.3) is 11.0 Å². The second-order valence-electron chi connectivity index (χ2n) is 4.06. The molecule has 1 aromatic carbocycles. The lowest BCUT2D eigenvalue weighted by atomic mass is 9.95. The summed E-state index contributed by atoms with van der Waals surface area (Å²) in [4.78, 5) is 16.4. The van der Waals surface area contributed by atoms with E-state index < -0.39 is 0 Å². The summed E-state index contributed by atoms with van der Waals surface area (Å²) in [5.41, 5.74) is 7.98. The summed E-state index contributed by atoms with van der Waals surface area (Å²) in [7, 11) is 0. The molecule has 0 radical (unpaired) electrons. The van der Waals surface area contributed by atoms with Crippen LogP contribution in [0.5, 0.6) is 0 Å². The Morgan fingerprint density at radius 3 is 2.50 bits per heavy atom. The summed E-state index contributed by atoms with van der Waals surface area (Å²) >= 11 is 0. The Morgan fingerprint density at radius 2 is 1.86 bits per heavy atom.